The molecule has 0 unspecified atom stereocenters. The lowest BCUT2D eigenvalue weighted by molar-refractivity contribution is 1.09. The second-order valence-electron chi connectivity index (χ2n) is 5.74. The molecule has 0 aliphatic heterocycles. The summed E-state index contributed by atoms with van der Waals surface area (Å²) in [6.07, 6.45) is 2.01. The van der Waals surface area contributed by atoms with Crippen LogP contribution in [0, 0.1) is 6.92 Å². The Bertz CT molecular complexity index is 1070. The zero-order valence-electron chi connectivity index (χ0n) is 13.6. The maximum Gasteiger partial charge on any atom is 0.187 e. The van der Waals surface area contributed by atoms with Crippen molar-refractivity contribution in [1.82, 2.24) is 9.38 Å². The quantitative estimate of drug-likeness (QED) is 0.397. The first-order valence-corrected chi connectivity index (χ1v) is 8.30. The van der Waals surface area contributed by atoms with E-state index in [9.17, 15) is 0 Å². The molecule has 4 nitrogen and oxygen atoms in total. The molecule has 4 aromatic rings. The van der Waals surface area contributed by atoms with Gasteiger partial charge in [-0.25, -0.2) is 4.98 Å². The summed E-state index contributed by atoms with van der Waals surface area (Å²) in [4.78, 5) is 4.73. The van der Waals surface area contributed by atoms with Gasteiger partial charge in [0, 0.05) is 11.8 Å². The summed E-state index contributed by atoms with van der Waals surface area (Å²) in [5, 5.41) is 9.40. The molecule has 4 rings (SSSR count). The van der Waals surface area contributed by atoms with Gasteiger partial charge in [-0.2, -0.15) is 0 Å². The molecule has 0 N–H and O–H groups in total. The Morgan fingerprint density at radius 2 is 1.64 bits per heavy atom. The van der Waals surface area contributed by atoms with Crippen LogP contribution in [0.3, 0.4) is 0 Å². The van der Waals surface area contributed by atoms with E-state index in [0.717, 1.165) is 22.5 Å². The van der Waals surface area contributed by atoms with Crippen molar-refractivity contribution in [3.63, 3.8) is 0 Å². The van der Waals surface area contributed by atoms with E-state index >= 15 is 0 Å². The van der Waals surface area contributed by atoms with E-state index < -0.39 is 0 Å². The van der Waals surface area contributed by atoms with Crippen LogP contribution in [0.1, 0.15) is 5.56 Å². The lowest BCUT2D eigenvalue weighted by Gasteiger charge is -2.01. The molecule has 0 radical (unpaired) electrons. The normalized spacial score (nSPS) is 11.4. The first-order valence-electron chi connectivity index (χ1n) is 7.93. The number of azo groups is 1. The lowest BCUT2D eigenvalue weighted by atomic mass is 10.1. The van der Waals surface area contributed by atoms with Crippen LogP contribution in [0.2, 0.25) is 5.02 Å². The second kappa shape index (κ2) is 6.49. The standard InChI is InChI=1S/C20H15ClN4/c1-14-11-12-18-22-19(15-7-3-2-4-8-15)20(25(18)13-14)24-23-17-10-6-5-9-16(17)21/h2-13H,1H3. The number of aromatic nitrogens is 2. The molecular weight excluding hydrogens is 332 g/mol. The summed E-state index contributed by atoms with van der Waals surface area (Å²) in [7, 11) is 0. The Morgan fingerprint density at radius 1 is 0.880 bits per heavy atom. The van der Waals surface area contributed by atoms with E-state index in [-0.39, 0.29) is 0 Å². The van der Waals surface area contributed by atoms with Crippen molar-refractivity contribution in [2.75, 3.05) is 0 Å². The largest absolute Gasteiger partial charge is 0.282 e. The van der Waals surface area contributed by atoms with Gasteiger partial charge >= 0.3 is 0 Å². The van der Waals surface area contributed by atoms with Crippen LogP contribution in [-0.2, 0) is 0 Å². The fourth-order valence-electron chi connectivity index (χ4n) is 2.66. The maximum absolute atomic E-state index is 6.19. The SMILES string of the molecule is Cc1ccc2nc(-c3ccccc3)c(N=Nc3ccccc3Cl)n2c1. The Kier molecular flexibility index (Phi) is 4.04. The minimum absolute atomic E-state index is 0.567. The molecule has 2 heterocycles. The van der Waals surface area contributed by atoms with Crippen LogP contribution in [0.4, 0.5) is 11.5 Å². The van der Waals surface area contributed by atoms with E-state index in [1.165, 1.54) is 0 Å². The van der Waals surface area contributed by atoms with Gasteiger partial charge in [-0.1, -0.05) is 60.1 Å². The van der Waals surface area contributed by atoms with Crippen molar-refractivity contribution >= 4 is 28.8 Å². The third-order valence-corrected chi connectivity index (χ3v) is 4.21. The number of hydrogen-bond donors (Lipinski definition) is 0. The lowest BCUT2D eigenvalue weighted by Crippen LogP contribution is -1.85. The van der Waals surface area contributed by atoms with Crippen LogP contribution >= 0.6 is 11.6 Å². The Balaban J connectivity index is 1.91. The highest BCUT2D eigenvalue weighted by Crippen LogP contribution is 2.33. The van der Waals surface area contributed by atoms with Gasteiger partial charge in [0.2, 0.25) is 0 Å². The molecule has 2 aromatic heterocycles. The number of halogens is 1. The summed E-state index contributed by atoms with van der Waals surface area (Å²) in [6.45, 7) is 2.04. The number of hydrogen-bond acceptors (Lipinski definition) is 3. The highest BCUT2D eigenvalue weighted by atomic mass is 35.5. The maximum atomic E-state index is 6.19. The number of rotatable bonds is 3. The predicted molar refractivity (Wildman–Crippen MR) is 101 cm³/mol. The molecule has 0 saturated heterocycles. The molecule has 25 heavy (non-hydrogen) atoms. The molecule has 5 heteroatoms. The minimum Gasteiger partial charge on any atom is -0.282 e. The number of aryl methyl sites for hydroxylation is 1. The Labute approximate surface area is 150 Å². The van der Waals surface area contributed by atoms with Gasteiger partial charge in [0.1, 0.15) is 17.0 Å². The molecule has 0 spiro atoms. The number of nitrogens with zero attached hydrogens (tertiary/aromatic N) is 4. The van der Waals surface area contributed by atoms with Crippen LogP contribution in [0.5, 0.6) is 0 Å². The fourth-order valence-corrected chi connectivity index (χ4v) is 2.83. The molecule has 0 aliphatic carbocycles. The first kappa shape index (κ1) is 15.5. The van der Waals surface area contributed by atoms with E-state index in [4.69, 9.17) is 16.6 Å². The number of fused-ring (bicyclic) bond motifs is 1. The third kappa shape index (κ3) is 3.04. The van der Waals surface area contributed by atoms with Gasteiger partial charge in [0.05, 0.1) is 5.02 Å². The van der Waals surface area contributed by atoms with Crippen molar-refractivity contribution in [2.24, 2.45) is 10.2 Å². The predicted octanol–water partition coefficient (Wildman–Crippen LogP) is 6.38. The number of imidazole rings is 1. The molecule has 0 atom stereocenters. The van der Waals surface area contributed by atoms with Crippen molar-refractivity contribution < 1.29 is 0 Å². The smallest absolute Gasteiger partial charge is 0.187 e. The van der Waals surface area contributed by atoms with Crippen molar-refractivity contribution in [3.8, 4) is 11.3 Å². The Hall–Kier alpha value is -2.98. The number of benzene rings is 2. The van der Waals surface area contributed by atoms with E-state index in [0.29, 0.717) is 16.5 Å². The molecule has 0 saturated carbocycles. The van der Waals surface area contributed by atoms with Gasteiger partial charge in [0.15, 0.2) is 5.82 Å². The molecule has 2 aromatic carbocycles. The van der Waals surface area contributed by atoms with Crippen LogP contribution in [0.25, 0.3) is 16.9 Å². The van der Waals surface area contributed by atoms with Crippen molar-refractivity contribution in [3.05, 3.63) is 83.5 Å². The molecule has 0 amide bonds. The summed E-state index contributed by atoms with van der Waals surface area (Å²) < 4.78 is 1.96. The molecule has 122 valence electrons. The number of pyridine rings is 1. The fraction of sp³-hybridized carbons (Fsp3) is 0.0500. The molecular formula is C20H15ClN4. The van der Waals surface area contributed by atoms with Gasteiger partial charge < -0.3 is 0 Å². The summed E-state index contributed by atoms with van der Waals surface area (Å²) in [6, 6.07) is 21.4. The van der Waals surface area contributed by atoms with E-state index in [1.807, 2.05) is 78.2 Å². The highest BCUT2D eigenvalue weighted by Gasteiger charge is 2.14. The highest BCUT2D eigenvalue weighted by molar-refractivity contribution is 6.32. The van der Waals surface area contributed by atoms with Gasteiger partial charge in [-0.3, -0.25) is 4.40 Å². The Morgan fingerprint density at radius 3 is 2.44 bits per heavy atom. The average Bonchev–Trinajstić information content (AvgIpc) is 2.99. The molecule has 0 aliphatic rings. The van der Waals surface area contributed by atoms with Crippen molar-refractivity contribution in [1.29, 1.82) is 0 Å². The first-order chi connectivity index (χ1) is 12.2. The third-order valence-electron chi connectivity index (χ3n) is 3.89. The van der Waals surface area contributed by atoms with Gasteiger partial charge in [-0.05, 0) is 30.7 Å². The summed E-state index contributed by atoms with van der Waals surface area (Å²) in [5.41, 5.74) is 4.38. The second-order valence-corrected chi connectivity index (χ2v) is 6.14. The van der Waals surface area contributed by atoms with Crippen molar-refractivity contribution in [2.45, 2.75) is 6.92 Å². The molecule has 0 bridgehead atoms. The van der Waals surface area contributed by atoms with E-state index in [2.05, 4.69) is 10.2 Å². The monoisotopic (exact) mass is 346 g/mol. The summed E-state index contributed by atoms with van der Waals surface area (Å²) in [5.74, 6) is 0.685. The van der Waals surface area contributed by atoms with E-state index in [1.54, 1.807) is 6.07 Å². The zero-order valence-corrected chi connectivity index (χ0v) is 14.4. The molecule has 0 fully saturated rings. The zero-order chi connectivity index (χ0) is 17.2. The van der Waals surface area contributed by atoms with Gasteiger partial charge in [-0.15, -0.1) is 10.2 Å². The van der Waals surface area contributed by atoms with Crippen LogP contribution in [-0.4, -0.2) is 9.38 Å². The minimum atomic E-state index is 0.567. The topological polar surface area (TPSA) is 42.0 Å². The van der Waals surface area contributed by atoms with Crippen LogP contribution in [0.15, 0.2) is 83.2 Å². The average molecular weight is 347 g/mol. The van der Waals surface area contributed by atoms with Crippen LogP contribution < -0.4 is 0 Å². The van der Waals surface area contributed by atoms with Gasteiger partial charge in [0.25, 0.3) is 0 Å². The summed E-state index contributed by atoms with van der Waals surface area (Å²) >= 11 is 6.19.